The number of rotatable bonds is 11. The van der Waals surface area contributed by atoms with Crippen molar-refractivity contribution in [3.05, 3.63) is 29.3 Å². The summed E-state index contributed by atoms with van der Waals surface area (Å²) in [5.41, 5.74) is 0. The Morgan fingerprint density at radius 2 is 1.60 bits per heavy atom. The summed E-state index contributed by atoms with van der Waals surface area (Å²) in [5.74, 6) is 0.745. The van der Waals surface area contributed by atoms with Gasteiger partial charge in [0.05, 0.1) is 24.8 Å². The monoisotopic (exact) mass is 301 g/mol. The molecule has 0 aliphatic rings. The summed E-state index contributed by atoms with van der Waals surface area (Å²) in [5, 5.41) is 0.656. The number of methoxy groups -OCH3 is 2. The van der Waals surface area contributed by atoms with E-state index in [1.807, 2.05) is 24.3 Å². The van der Waals surface area contributed by atoms with Crippen LogP contribution in [0.4, 0.5) is 0 Å². The molecular weight excluding hydrogens is 278 g/mol. The van der Waals surface area contributed by atoms with Crippen molar-refractivity contribution in [3.63, 3.8) is 0 Å². The number of nitrogens with zero attached hydrogens (tertiary/aromatic N) is 1. The molecule has 0 fully saturated rings. The zero-order chi connectivity index (χ0) is 14.6. The Morgan fingerprint density at radius 1 is 0.950 bits per heavy atom. The maximum Gasteiger partial charge on any atom is 0.137 e. The molecule has 0 unspecified atom stereocenters. The van der Waals surface area contributed by atoms with Crippen LogP contribution in [0.5, 0.6) is 5.75 Å². The first-order valence-corrected chi connectivity index (χ1v) is 7.23. The van der Waals surface area contributed by atoms with Crippen LogP contribution in [0.25, 0.3) is 0 Å². The summed E-state index contributed by atoms with van der Waals surface area (Å²) in [7, 11) is 3.43. The van der Waals surface area contributed by atoms with Crippen LogP contribution >= 0.6 is 11.6 Å². The first-order valence-electron chi connectivity index (χ1n) is 6.85. The van der Waals surface area contributed by atoms with Crippen LogP contribution in [0.3, 0.4) is 0 Å². The van der Waals surface area contributed by atoms with E-state index in [4.69, 9.17) is 25.8 Å². The SMILES string of the molecule is COCCN(CCCOc1ccccc1Cl)CCOC. The molecule has 0 heterocycles. The van der Waals surface area contributed by atoms with Gasteiger partial charge in [0.25, 0.3) is 0 Å². The van der Waals surface area contributed by atoms with Gasteiger partial charge >= 0.3 is 0 Å². The highest BCUT2D eigenvalue weighted by atomic mass is 35.5. The molecule has 0 radical (unpaired) electrons. The van der Waals surface area contributed by atoms with Gasteiger partial charge in [0, 0.05) is 33.9 Å². The van der Waals surface area contributed by atoms with Crippen molar-refractivity contribution in [2.75, 3.05) is 53.7 Å². The molecule has 0 atom stereocenters. The second-order valence-electron chi connectivity index (χ2n) is 4.46. The van der Waals surface area contributed by atoms with Gasteiger partial charge in [0.2, 0.25) is 0 Å². The molecule has 4 nitrogen and oxygen atoms in total. The fourth-order valence-corrected chi connectivity index (χ4v) is 2.00. The van der Waals surface area contributed by atoms with Gasteiger partial charge in [-0.1, -0.05) is 23.7 Å². The van der Waals surface area contributed by atoms with E-state index in [1.165, 1.54) is 0 Å². The lowest BCUT2D eigenvalue weighted by Gasteiger charge is -2.21. The lowest BCUT2D eigenvalue weighted by atomic mass is 10.3. The topological polar surface area (TPSA) is 30.9 Å². The largest absolute Gasteiger partial charge is 0.492 e. The molecule has 0 N–H and O–H groups in total. The van der Waals surface area contributed by atoms with E-state index in [0.717, 1.165) is 45.0 Å². The van der Waals surface area contributed by atoms with Crippen molar-refractivity contribution < 1.29 is 14.2 Å². The summed E-state index contributed by atoms with van der Waals surface area (Å²) in [6.07, 6.45) is 0.943. The van der Waals surface area contributed by atoms with E-state index >= 15 is 0 Å². The molecule has 0 aromatic heterocycles. The van der Waals surface area contributed by atoms with Gasteiger partial charge in [-0.25, -0.2) is 0 Å². The number of hydrogen-bond donors (Lipinski definition) is 0. The Kier molecular flexibility index (Phi) is 9.41. The molecule has 0 bridgehead atoms. The smallest absolute Gasteiger partial charge is 0.137 e. The van der Waals surface area contributed by atoms with E-state index in [9.17, 15) is 0 Å². The van der Waals surface area contributed by atoms with Crippen molar-refractivity contribution >= 4 is 11.6 Å². The fraction of sp³-hybridized carbons (Fsp3) is 0.600. The Balaban J connectivity index is 2.23. The minimum absolute atomic E-state index is 0.653. The molecule has 1 rings (SSSR count). The molecule has 0 amide bonds. The highest BCUT2D eigenvalue weighted by Crippen LogP contribution is 2.23. The predicted molar refractivity (Wildman–Crippen MR) is 81.8 cm³/mol. The highest BCUT2D eigenvalue weighted by Gasteiger charge is 2.05. The molecule has 0 aliphatic carbocycles. The number of hydrogen-bond acceptors (Lipinski definition) is 4. The van der Waals surface area contributed by atoms with Gasteiger partial charge in [-0.15, -0.1) is 0 Å². The number of benzene rings is 1. The van der Waals surface area contributed by atoms with Crippen molar-refractivity contribution in [1.82, 2.24) is 4.90 Å². The zero-order valence-electron chi connectivity index (χ0n) is 12.3. The molecular formula is C15H24ClNO3. The summed E-state index contributed by atoms with van der Waals surface area (Å²) < 4.78 is 15.9. The van der Waals surface area contributed by atoms with E-state index < -0.39 is 0 Å². The van der Waals surface area contributed by atoms with Crippen LogP contribution in [-0.2, 0) is 9.47 Å². The third-order valence-corrected chi connectivity index (χ3v) is 3.25. The van der Waals surface area contributed by atoms with Gasteiger partial charge in [-0.3, -0.25) is 4.90 Å². The van der Waals surface area contributed by atoms with E-state index in [1.54, 1.807) is 14.2 Å². The van der Waals surface area contributed by atoms with E-state index in [-0.39, 0.29) is 0 Å². The third-order valence-electron chi connectivity index (χ3n) is 2.94. The lowest BCUT2D eigenvalue weighted by molar-refractivity contribution is 0.110. The van der Waals surface area contributed by atoms with Gasteiger partial charge in [-0.05, 0) is 18.6 Å². The van der Waals surface area contributed by atoms with Crippen molar-refractivity contribution in [2.24, 2.45) is 0 Å². The zero-order valence-corrected chi connectivity index (χ0v) is 13.1. The summed E-state index contributed by atoms with van der Waals surface area (Å²) in [6.45, 7) is 4.89. The molecule has 114 valence electrons. The van der Waals surface area contributed by atoms with Gasteiger partial charge < -0.3 is 14.2 Å². The standard InChI is InChI=1S/C15H24ClNO3/c1-18-12-9-17(10-13-19-2)8-5-11-20-15-7-4-3-6-14(15)16/h3-4,6-7H,5,8-13H2,1-2H3. The van der Waals surface area contributed by atoms with E-state index in [2.05, 4.69) is 4.90 Å². The first kappa shape index (κ1) is 17.2. The molecule has 0 aliphatic heterocycles. The van der Waals surface area contributed by atoms with Crippen LogP contribution in [0.2, 0.25) is 5.02 Å². The van der Waals surface area contributed by atoms with Crippen LogP contribution in [-0.4, -0.2) is 58.6 Å². The van der Waals surface area contributed by atoms with Gasteiger partial charge in [-0.2, -0.15) is 0 Å². The number of halogens is 1. The second kappa shape index (κ2) is 10.9. The molecule has 0 saturated carbocycles. The molecule has 0 saturated heterocycles. The average Bonchev–Trinajstić information content (AvgIpc) is 2.47. The van der Waals surface area contributed by atoms with Gasteiger partial charge in [0.1, 0.15) is 5.75 Å². The van der Waals surface area contributed by atoms with Crippen LogP contribution in [0.15, 0.2) is 24.3 Å². The van der Waals surface area contributed by atoms with Crippen LogP contribution in [0.1, 0.15) is 6.42 Å². The fourth-order valence-electron chi connectivity index (χ4n) is 1.81. The minimum Gasteiger partial charge on any atom is -0.492 e. The van der Waals surface area contributed by atoms with E-state index in [0.29, 0.717) is 11.6 Å². The molecule has 0 spiro atoms. The van der Waals surface area contributed by atoms with Crippen LogP contribution in [0, 0.1) is 0 Å². The quantitative estimate of drug-likeness (QED) is 0.588. The second-order valence-corrected chi connectivity index (χ2v) is 4.87. The maximum atomic E-state index is 6.03. The van der Waals surface area contributed by atoms with Crippen molar-refractivity contribution in [3.8, 4) is 5.75 Å². The Labute approximate surface area is 126 Å². The van der Waals surface area contributed by atoms with Crippen molar-refractivity contribution in [2.45, 2.75) is 6.42 Å². The normalized spacial score (nSPS) is 11.0. The maximum absolute atomic E-state index is 6.03. The first-order chi connectivity index (χ1) is 9.77. The Morgan fingerprint density at radius 3 is 2.20 bits per heavy atom. The molecule has 1 aromatic carbocycles. The van der Waals surface area contributed by atoms with Crippen LogP contribution < -0.4 is 4.74 Å². The summed E-state index contributed by atoms with van der Waals surface area (Å²) >= 11 is 6.03. The molecule has 20 heavy (non-hydrogen) atoms. The van der Waals surface area contributed by atoms with Crippen molar-refractivity contribution in [1.29, 1.82) is 0 Å². The summed E-state index contributed by atoms with van der Waals surface area (Å²) in [6, 6.07) is 7.54. The summed E-state index contributed by atoms with van der Waals surface area (Å²) in [4.78, 5) is 2.31. The lowest BCUT2D eigenvalue weighted by Crippen LogP contribution is -2.32. The minimum atomic E-state index is 0.653. The molecule has 1 aromatic rings. The number of para-hydroxylation sites is 1. The Hall–Kier alpha value is -0.810. The van der Waals surface area contributed by atoms with Gasteiger partial charge in [0.15, 0.2) is 0 Å². The molecule has 5 heteroatoms. The number of ether oxygens (including phenoxy) is 3. The average molecular weight is 302 g/mol. The third kappa shape index (κ3) is 7.10. The predicted octanol–water partition coefficient (Wildman–Crippen LogP) is 2.70. The highest BCUT2D eigenvalue weighted by molar-refractivity contribution is 6.32. The Bertz CT molecular complexity index is 355.